The molecule has 1 atom stereocenters. The first-order valence-corrected chi connectivity index (χ1v) is 6.94. The average molecular weight is 295 g/mol. The fourth-order valence-electron chi connectivity index (χ4n) is 2.09. The van der Waals surface area contributed by atoms with Gasteiger partial charge in [0, 0.05) is 38.9 Å². The Morgan fingerprint density at radius 3 is 2.48 bits per heavy atom. The number of carbonyl (C=O) groups is 1. The van der Waals surface area contributed by atoms with E-state index in [1.807, 2.05) is 12.1 Å². The van der Waals surface area contributed by atoms with E-state index in [9.17, 15) is 4.79 Å². The van der Waals surface area contributed by atoms with Gasteiger partial charge in [0.2, 0.25) is 0 Å². The molecule has 1 amide bonds. The van der Waals surface area contributed by atoms with Gasteiger partial charge in [-0.05, 0) is 24.6 Å². The molecule has 0 saturated heterocycles. The third-order valence-electron chi connectivity index (χ3n) is 3.35. The molecule has 0 aliphatic carbocycles. The molecular formula is C15H25N3O3. The molecular weight excluding hydrogens is 270 g/mol. The molecule has 1 unspecified atom stereocenters. The van der Waals surface area contributed by atoms with E-state index >= 15 is 0 Å². The second kappa shape index (κ2) is 9.46. The number of benzene rings is 1. The van der Waals surface area contributed by atoms with E-state index in [4.69, 9.17) is 15.3 Å². The molecule has 0 bridgehead atoms. The molecule has 0 aromatic heterocycles. The summed E-state index contributed by atoms with van der Waals surface area (Å²) >= 11 is 0. The van der Waals surface area contributed by atoms with Crippen LogP contribution in [-0.4, -0.2) is 50.8 Å². The quantitative estimate of drug-likeness (QED) is 0.400. The van der Waals surface area contributed by atoms with Crippen molar-refractivity contribution in [1.82, 2.24) is 10.3 Å². The standard InChI is InChI=1S/C15H25N3O3/c1-12(11-21-3)18(8-9-20-2)10-13-4-6-14(7-5-13)15(19)17-16/h4-7,12H,8-11,16H2,1-3H3,(H,17,19). The van der Waals surface area contributed by atoms with Gasteiger partial charge in [-0.25, -0.2) is 5.84 Å². The van der Waals surface area contributed by atoms with Crippen molar-refractivity contribution < 1.29 is 14.3 Å². The predicted octanol–water partition coefficient (Wildman–Crippen LogP) is 0.773. The summed E-state index contributed by atoms with van der Waals surface area (Å²) in [5.74, 6) is 4.83. The number of carbonyl (C=O) groups excluding carboxylic acids is 1. The van der Waals surface area contributed by atoms with E-state index < -0.39 is 0 Å². The van der Waals surface area contributed by atoms with Crippen molar-refractivity contribution >= 4 is 5.91 Å². The minimum absolute atomic E-state index is 0.287. The highest BCUT2D eigenvalue weighted by Gasteiger charge is 2.14. The molecule has 3 N–H and O–H groups in total. The SMILES string of the molecule is COCCN(Cc1ccc(C(=O)NN)cc1)C(C)COC. The van der Waals surface area contributed by atoms with E-state index in [1.165, 1.54) is 0 Å². The van der Waals surface area contributed by atoms with E-state index in [0.717, 1.165) is 18.7 Å². The van der Waals surface area contributed by atoms with Crippen LogP contribution in [0.1, 0.15) is 22.8 Å². The fraction of sp³-hybridized carbons (Fsp3) is 0.533. The summed E-state index contributed by atoms with van der Waals surface area (Å²) in [5, 5.41) is 0. The topological polar surface area (TPSA) is 76.8 Å². The molecule has 0 radical (unpaired) electrons. The highest BCUT2D eigenvalue weighted by molar-refractivity contribution is 5.93. The first-order chi connectivity index (χ1) is 10.1. The Balaban J connectivity index is 2.70. The third-order valence-corrected chi connectivity index (χ3v) is 3.35. The minimum atomic E-state index is -0.287. The number of nitrogens with one attached hydrogen (secondary N) is 1. The van der Waals surface area contributed by atoms with Crippen LogP contribution in [0.25, 0.3) is 0 Å². The summed E-state index contributed by atoms with van der Waals surface area (Å²) in [6, 6.07) is 7.70. The maximum Gasteiger partial charge on any atom is 0.265 e. The summed E-state index contributed by atoms with van der Waals surface area (Å²) in [5.41, 5.74) is 3.80. The molecule has 0 fully saturated rings. The number of hydrogen-bond donors (Lipinski definition) is 2. The lowest BCUT2D eigenvalue weighted by Gasteiger charge is -2.28. The minimum Gasteiger partial charge on any atom is -0.383 e. The zero-order chi connectivity index (χ0) is 15.7. The van der Waals surface area contributed by atoms with Crippen LogP contribution < -0.4 is 11.3 Å². The Kier molecular flexibility index (Phi) is 7.92. The number of rotatable bonds is 9. The van der Waals surface area contributed by atoms with Crippen LogP contribution in [0.15, 0.2) is 24.3 Å². The molecule has 6 heteroatoms. The van der Waals surface area contributed by atoms with Gasteiger partial charge < -0.3 is 9.47 Å². The summed E-state index contributed by atoms with van der Waals surface area (Å²) in [6.07, 6.45) is 0. The van der Waals surface area contributed by atoms with Crippen molar-refractivity contribution in [1.29, 1.82) is 0 Å². The molecule has 1 aromatic rings. The third kappa shape index (κ3) is 5.81. The highest BCUT2D eigenvalue weighted by atomic mass is 16.5. The lowest BCUT2D eigenvalue weighted by Crippen LogP contribution is -2.38. The normalized spacial score (nSPS) is 12.4. The highest BCUT2D eigenvalue weighted by Crippen LogP contribution is 2.10. The van der Waals surface area contributed by atoms with Gasteiger partial charge in [-0.2, -0.15) is 0 Å². The maximum atomic E-state index is 11.4. The first kappa shape index (κ1) is 17.6. The maximum absolute atomic E-state index is 11.4. The molecule has 0 saturated carbocycles. The number of methoxy groups -OCH3 is 2. The van der Waals surface area contributed by atoms with E-state index in [-0.39, 0.29) is 11.9 Å². The summed E-state index contributed by atoms with van der Waals surface area (Å²) in [7, 11) is 3.39. The van der Waals surface area contributed by atoms with Crippen molar-refractivity contribution in [2.45, 2.75) is 19.5 Å². The Morgan fingerprint density at radius 2 is 1.95 bits per heavy atom. The number of nitrogen functional groups attached to an aromatic ring is 1. The molecule has 118 valence electrons. The largest absolute Gasteiger partial charge is 0.383 e. The van der Waals surface area contributed by atoms with Gasteiger partial charge in [0.15, 0.2) is 0 Å². The summed E-state index contributed by atoms with van der Waals surface area (Å²) < 4.78 is 10.4. The number of nitrogens with zero attached hydrogens (tertiary/aromatic N) is 1. The van der Waals surface area contributed by atoms with Crippen molar-refractivity contribution in [2.24, 2.45) is 5.84 Å². The average Bonchev–Trinajstić information content (AvgIpc) is 2.51. The molecule has 0 spiro atoms. The monoisotopic (exact) mass is 295 g/mol. The summed E-state index contributed by atoms with van der Waals surface area (Å²) in [6.45, 7) is 5.05. The second-order valence-corrected chi connectivity index (χ2v) is 4.94. The van der Waals surface area contributed by atoms with Gasteiger partial charge in [-0.3, -0.25) is 15.1 Å². The van der Waals surface area contributed by atoms with Crippen molar-refractivity contribution in [3.63, 3.8) is 0 Å². The zero-order valence-corrected chi connectivity index (χ0v) is 13.0. The van der Waals surface area contributed by atoms with Gasteiger partial charge in [-0.15, -0.1) is 0 Å². The van der Waals surface area contributed by atoms with Crippen LogP contribution in [0.3, 0.4) is 0 Å². The van der Waals surface area contributed by atoms with Crippen LogP contribution in [0, 0.1) is 0 Å². The Hall–Kier alpha value is -1.47. The van der Waals surface area contributed by atoms with E-state index in [2.05, 4.69) is 17.2 Å². The van der Waals surface area contributed by atoms with Crippen molar-refractivity contribution in [3.8, 4) is 0 Å². The fourth-order valence-corrected chi connectivity index (χ4v) is 2.09. The Morgan fingerprint density at radius 1 is 1.29 bits per heavy atom. The number of hydrazine groups is 1. The molecule has 0 aliphatic heterocycles. The number of amides is 1. The lowest BCUT2D eigenvalue weighted by molar-refractivity contribution is 0.0705. The molecule has 1 rings (SSSR count). The molecule has 21 heavy (non-hydrogen) atoms. The number of ether oxygens (including phenoxy) is 2. The van der Waals surface area contributed by atoms with E-state index in [0.29, 0.717) is 18.8 Å². The van der Waals surface area contributed by atoms with Crippen molar-refractivity contribution in [3.05, 3.63) is 35.4 Å². The molecule has 0 heterocycles. The first-order valence-electron chi connectivity index (χ1n) is 6.94. The van der Waals surface area contributed by atoms with Crippen LogP contribution >= 0.6 is 0 Å². The Bertz CT molecular complexity index is 423. The van der Waals surface area contributed by atoms with Gasteiger partial charge in [0.1, 0.15) is 0 Å². The molecule has 1 aromatic carbocycles. The molecule has 0 aliphatic rings. The smallest absolute Gasteiger partial charge is 0.265 e. The van der Waals surface area contributed by atoms with Gasteiger partial charge in [0.25, 0.3) is 5.91 Å². The Labute approximate surface area is 126 Å². The van der Waals surface area contributed by atoms with Crippen LogP contribution in [-0.2, 0) is 16.0 Å². The number of nitrogens with two attached hydrogens (primary N) is 1. The predicted molar refractivity (Wildman–Crippen MR) is 81.7 cm³/mol. The summed E-state index contributed by atoms with van der Waals surface area (Å²) in [4.78, 5) is 13.7. The molecule has 6 nitrogen and oxygen atoms in total. The van der Waals surface area contributed by atoms with Gasteiger partial charge in [0.05, 0.1) is 13.2 Å². The number of hydrogen-bond acceptors (Lipinski definition) is 5. The second-order valence-electron chi connectivity index (χ2n) is 4.94. The van der Waals surface area contributed by atoms with Crippen LogP contribution in [0.4, 0.5) is 0 Å². The van der Waals surface area contributed by atoms with Crippen molar-refractivity contribution in [2.75, 3.05) is 34.0 Å². The van der Waals surface area contributed by atoms with Crippen LogP contribution in [0.2, 0.25) is 0 Å². The lowest BCUT2D eigenvalue weighted by atomic mass is 10.1. The van der Waals surface area contributed by atoms with E-state index in [1.54, 1.807) is 26.4 Å². The zero-order valence-electron chi connectivity index (χ0n) is 13.0. The van der Waals surface area contributed by atoms with Crippen LogP contribution in [0.5, 0.6) is 0 Å². The van der Waals surface area contributed by atoms with Gasteiger partial charge >= 0.3 is 0 Å². The van der Waals surface area contributed by atoms with Gasteiger partial charge in [-0.1, -0.05) is 12.1 Å².